The Kier molecular flexibility index (Phi) is 4.18. The fraction of sp³-hybridized carbons (Fsp3) is 0.0588. The molecule has 0 bridgehead atoms. The molecule has 0 aliphatic carbocycles. The predicted octanol–water partition coefficient (Wildman–Crippen LogP) is 3.94. The number of rotatable bonds is 4. The zero-order chi connectivity index (χ0) is 18.0. The van der Waals surface area contributed by atoms with Gasteiger partial charge in [-0.15, -0.1) is 0 Å². The van der Waals surface area contributed by atoms with Gasteiger partial charge in [0.2, 0.25) is 5.91 Å². The Bertz CT molecular complexity index is 890. The molecule has 4 N–H and O–H groups in total. The summed E-state index contributed by atoms with van der Waals surface area (Å²) in [5, 5.41) is 9.19. The van der Waals surface area contributed by atoms with Crippen LogP contribution in [0.1, 0.15) is 15.9 Å². The third-order valence-corrected chi connectivity index (χ3v) is 3.56. The molecule has 0 saturated carbocycles. The molecule has 1 amide bonds. The molecule has 8 heteroatoms. The number of aromatic amines is 1. The molecule has 0 atom stereocenters. The molecule has 128 valence electrons. The molecule has 0 spiro atoms. The number of hydrogen-bond donors (Lipinski definition) is 3. The van der Waals surface area contributed by atoms with Gasteiger partial charge in [0.25, 0.3) is 0 Å². The third-order valence-electron chi connectivity index (χ3n) is 3.56. The van der Waals surface area contributed by atoms with Gasteiger partial charge in [-0.25, -0.2) is 0 Å². The maximum atomic E-state index is 13.2. The number of H-pyrrole nitrogens is 1. The zero-order valence-corrected chi connectivity index (χ0v) is 12.8. The third kappa shape index (κ3) is 3.47. The fourth-order valence-corrected chi connectivity index (χ4v) is 2.49. The lowest BCUT2D eigenvalue weighted by molar-refractivity contribution is -0.137. The Balaban J connectivity index is 2.27. The van der Waals surface area contributed by atoms with Crippen LogP contribution in [0.5, 0.6) is 0 Å². The van der Waals surface area contributed by atoms with E-state index >= 15 is 0 Å². The lowest BCUT2D eigenvalue weighted by Gasteiger charge is -2.18. The number of nitrogens with two attached hydrogens (primary N) is 1. The van der Waals surface area contributed by atoms with Crippen molar-refractivity contribution in [2.45, 2.75) is 6.18 Å². The molecule has 0 fully saturated rings. The van der Waals surface area contributed by atoms with Crippen molar-refractivity contribution in [3.8, 4) is 11.1 Å². The van der Waals surface area contributed by atoms with Gasteiger partial charge in [-0.1, -0.05) is 30.3 Å². The molecule has 0 aliphatic heterocycles. The Morgan fingerprint density at radius 2 is 1.84 bits per heavy atom. The van der Waals surface area contributed by atoms with Crippen LogP contribution in [0.2, 0.25) is 0 Å². The molecule has 25 heavy (non-hydrogen) atoms. The number of benzene rings is 2. The zero-order valence-electron chi connectivity index (χ0n) is 12.8. The van der Waals surface area contributed by atoms with Crippen LogP contribution < -0.4 is 11.1 Å². The van der Waals surface area contributed by atoms with Gasteiger partial charge in [0.05, 0.1) is 11.8 Å². The van der Waals surface area contributed by atoms with Crippen molar-refractivity contribution in [1.29, 1.82) is 0 Å². The van der Waals surface area contributed by atoms with E-state index in [0.29, 0.717) is 11.4 Å². The smallest absolute Gasteiger partial charge is 0.366 e. The molecule has 0 saturated heterocycles. The number of carbonyl (C=O) groups is 1. The molecule has 2 aromatic carbocycles. The molecule has 5 nitrogen and oxygen atoms in total. The predicted molar refractivity (Wildman–Crippen MR) is 87.3 cm³/mol. The van der Waals surface area contributed by atoms with E-state index in [9.17, 15) is 18.0 Å². The van der Waals surface area contributed by atoms with Crippen molar-refractivity contribution in [1.82, 2.24) is 10.2 Å². The molecule has 0 radical (unpaired) electrons. The lowest BCUT2D eigenvalue weighted by atomic mass is 9.94. The summed E-state index contributed by atoms with van der Waals surface area (Å²) in [6, 6.07) is 11.8. The molecular weight excluding hydrogens is 333 g/mol. The van der Waals surface area contributed by atoms with E-state index in [1.54, 1.807) is 36.4 Å². The first-order valence-corrected chi connectivity index (χ1v) is 7.23. The summed E-state index contributed by atoms with van der Waals surface area (Å²) in [6.45, 7) is 0. The summed E-state index contributed by atoms with van der Waals surface area (Å²) in [4.78, 5) is 11.8. The molecule has 1 aromatic heterocycles. The van der Waals surface area contributed by atoms with Crippen molar-refractivity contribution < 1.29 is 18.0 Å². The normalized spacial score (nSPS) is 11.3. The van der Waals surface area contributed by atoms with Crippen LogP contribution in [0, 0.1) is 0 Å². The standard InChI is InChI=1S/C17H13F3N4O/c18-17(19,20)11-8-12(16(21)25)15(10-4-2-1-3-5-10)13(9-11)23-14-6-7-22-24-14/h1-9H,(H2,21,25)(H2,22,23,24). The first kappa shape index (κ1) is 16.6. The first-order valence-electron chi connectivity index (χ1n) is 7.23. The van der Waals surface area contributed by atoms with E-state index in [2.05, 4.69) is 15.5 Å². The van der Waals surface area contributed by atoms with Gasteiger partial charge in [-0.05, 0) is 17.7 Å². The largest absolute Gasteiger partial charge is 0.416 e. The summed E-state index contributed by atoms with van der Waals surface area (Å²) in [5.41, 5.74) is 5.11. The van der Waals surface area contributed by atoms with E-state index in [0.717, 1.165) is 12.1 Å². The monoisotopic (exact) mass is 346 g/mol. The van der Waals surface area contributed by atoms with Crippen molar-refractivity contribution in [3.63, 3.8) is 0 Å². The molecule has 0 unspecified atom stereocenters. The highest BCUT2D eigenvalue weighted by atomic mass is 19.4. The van der Waals surface area contributed by atoms with Gasteiger partial charge < -0.3 is 11.1 Å². The van der Waals surface area contributed by atoms with Crippen LogP contribution in [0.15, 0.2) is 54.7 Å². The SMILES string of the molecule is NC(=O)c1cc(C(F)(F)F)cc(Nc2ccn[nH]2)c1-c1ccccc1. The van der Waals surface area contributed by atoms with E-state index < -0.39 is 17.6 Å². The number of alkyl halides is 3. The Labute approximate surface area is 140 Å². The van der Waals surface area contributed by atoms with Crippen molar-refractivity contribution >= 4 is 17.4 Å². The number of aromatic nitrogens is 2. The second-order valence-corrected chi connectivity index (χ2v) is 5.27. The van der Waals surface area contributed by atoms with E-state index in [1.165, 1.54) is 6.20 Å². The number of amides is 1. The average molecular weight is 346 g/mol. The van der Waals surface area contributed by atoms with Crippen LogP contribution in [-0.4, -0.2) is 16.1 Å². The molecule has 1 heterocycles. The highest BCUT2D eigenvalue weighted by molar-refractivity contribution is 6.04. The number of primary amides is 1. The summed E-state index contributed by atoms with van der Waals surface area (Å²) in [7, 11) is 0. The van der Waals surface area contributed by atoms with Crippen LogP contribution in [0.3, 0.4) is 0 Å². The fourth-order valence-electron chi connectivity index (χ4n) is 2.49. The van der Waals surface area contributed by atoms with Gasteiger partial charge in [0, 0.05) is 22.9 Å². The highest BCUT2D eigenvalue weighted by Gasteiger charge is 2.33. The molecular formula is C17H13F3N4O. The maximum absolute atomic E-state index is 13.2. The van der Waals surface area contributed by atoms with Gasteiger partial charge in [0.15, 0.2) is 0 Å². The quantitative estimate of drug-likeness (QED) is 0.669. The van der Waals surface area contributed by atoms with E-state index in [4.69, 9.17) is 5.73 Å². The van der Waals surface area contributed by atoms with Crippen LogP contribution >= 0.6 is 0 Å². The summed E-state index contributed by atoms with van der Waals surface area (Å²) >= 11 is 0. The number of hydrogen-bond acceptors (Lipinski definition) is 3. The van der Waals surface area contributed by atoms with Crippen molar-refractivity contribution in [3.05, 3.63) is 65.9 Å². The summed E-state index contributed by atoms with van der Waals surface area (Å²) in [5.74, 6) is -0.565. The van der Waals surface area contributed by atoms with Crippen LogP contribution in [0.4, 0.5) is 24.7 Å². The molecule has 3 aromatic rings. The highest BCUT2D eigenvalue weighted by Crippen LogP contribution is 2.39. The minimum Gasteiger partial charge on any atom is -0.366 e. The lowest BCUT2D eigenvalue weighted by Crippen LogP contribution is -2.16. The van der Waals surface area contributed by atoms with Crippen molar-refractivity contribution in [2.75, 3.05) is 5.32 Å². The number of nitrogens with one attached hydrogen (secondary N) is 2. The second kappa shape index (κ2) is 6.31. The summed E-state index contributed by atoms with van der Waals surface area (Å²) < 4.78 is 39.7. The van der Waals surface area contributed by atoms with Gasteiger partial charge in [-0.2, -0.15) is 18.3 Å². The Morgan fingerprint density at radius 3 is 2.40 bits per heavy atom. The number of anilines is 2. The Hall–Kier alpha value is -3.29. The van der Waals surface area contributed by atoms with E-state index in [-0.39, 0.29) is 16.8 Å². The molecule has 3 rings (SSSR count). The topological polar surface area (TPSA) is 83.8 Å². The number of halogens is 3. The second-order valence-electron chi connectivity index (χ2n) is 5.27. The number of nitrogens with zero attached hydrogens (tertiary/aromatic N) is 1. The first-order chi connectivity index (χ1) is 11.9. The summed E-state index contributed by atoms with van der Waals surface area (Å²) in [6.07, 6.45) is -3.17. The van der Waals surface area contributed by atoms with E-state index in [1.807, 2.05) is 0 Å². The van der Waals surface area contributed by atoms with Crippen LogP contribution in [-0.2, 0) is 6.18 Å². The van der Waals surface area contributed by atoms with Gasteiger partial charge in [0.1, 0.15) is 5.82 Å². The van der Waals surface area contributed by atoms with Gasteiger partial charge in [-0.3, -0.25) is 9.89 Å². The molecule has 0 aliphatic rings. The minimum atomic E-state index is -4.62. The van der Waals surface area contributed by atoms with Gasteiger partial charge >= 0.3 is 6.18 Å². The average Bonchev–Trinajstić information content (AvgIpc) is 3.07. The maximum Gasteiger partial charge on any atom is 0.416 e. The minimum absolute atomic E-state index is 0.0964. The Morgan fingerprint density at radius 1 is 1.12 bits per heavy atom. The van der Waals surface area contributed by atoms with Crippen molar-refractivity contribution in [2.24, 2.45) is 5.73 Å². The number of carbonyl (C=O) groups excluding carboxylic acids is 1. The van der Waals surface area contributed by atoms with Crippen LogP contribution in [0.25, 0.3) is 11.1 Å².